The molecule has 6 heteroatoms. The number of rotatable bonds is 3. The van der Waals surface area contributed by atoms with Gasteiger partial charge < -0.3 is 5.11 Å². The first-order chi connectivity index (χ1) is 11.5. The SMILES string of the molecule is Cc1c(Cl)nc(-c2cccnc2)nc1C=Cc1ccc(O)c(Cl)c1. The fraction of sp³-hybridized carbons (Fsp3) is 0.0556. The molecular weight excluding hydrogens is 345 g/mol. The Kier molecular flexibility index (Phi) is 4.79. The highest BCUT2D eigenvalue weighted by molar-refractivity contribution is 6.32. The van der Waals surface area contributed by atoms with E-state index in [2.05, 4.69) is 15.0 Å². The molecule has 0 aliphatic heterocycles. The fourth-order valence-corrected chi connectivity index (χ4v) is 2.46. The molecule has 0 saturated heterocycles. The van der Waals surface area contributed by atoms with Crippen LogP contribution in [0, 0.1) is 6.92 Å². The number of hydrogen-bond donors (Lipinski definition) is 1. The number of aromatic hydroxyl groups is 1. The molecule has 120 valence electrons. The lowest BCUT2D eigenvalue weighted by atomic mass is 10.1. The monoisotopic (exact) mass is 357 g/mol. The molecule has 3 rings (SSSR count). The Labute approximate surface area is 149 Å². The largest absolute Gasteiger partial charge is 0.506 e. The second-order valence-electron chi connectivity index (χ2n) is 5.13. The van der Waals surface area contributed by atoms with E-state index in [1.165, 1.54) is 0 Å². The van der Waals surface area contributed by atoms with Crippen LogP contribution in [0.1, 0.15) is 16.8 Å². The molecule has 0 amide bonds. The molecule has 0 fully saturated rings. The van der Waals surface area contributed by atoms with Gasteiger partial charge in [0.15, 0.2) is 5.82 Å². The topological polar surface area (TPSA) is 58.9 Å². The summed E-state index contributed by atoms with van der Waals surface area (Å²) in [6, 6.07) is 8.68. The third kappa shape index (κ3) is 3.55. The molecule has 0 aliphatic rings. The van der Waals surface area contributed by atoms with Crippen molar-refractivity contribution < 1.29 is 5.11 Å². The van der Waals surface area contributed by atoms with Crippen molar-refractivity contribution in [3.8, 4) is 17.1 Å². The Morgan fingerprint density at radius 2 is 1.92 bits per heavy atom. The number of aromatic nitrogens is 3. The van der Waals surface area contributed by atoms with Gasteiger partial charge in [-0.05, 0) is 42.8 Å². The summed E-state index contributed by atoms with van der Waals surface area (Å²) in [5.41, 5.74) is 3.13. The summed E-state index contributed by atoms with van der Waals surface area (Å²) in [6.07, 6.45) is 7.07. The molecule has 0 atom stereocenters. The second-order valence-corrected chi connectivity index (χ2v) is 5.90. The first kappa shape index (κ1) is 16.4. The van der Waals surface area contributed by atoms with E-state index in [1.54, 1.807) is 30.6 Å². The van der Waals surface area contributed by atoms with Gasteiger partial charge in [0.2, 0.25) is 0 Å². The standard InChI is InChI=1S/C18H13Cl2N3O/c1-11-15(6-4-12-5-7-16(24)14(19)9-12)22-18(23-17(11)20)13-3-2-8-21-10-13/h2-10,24H,1H3. The van der Waals surface area contributed by atoms with Crippen molar-refractivity contribution in [3.63, 3.8) is 0 Å². The molecule has 24 heavy (non-hydrogen) atoms. The molecule has 1 N–H and O–H groups in total. The van der Waals surface area contributed by atoms with Crippen LogP contribution in [0.25, 0.3) is 23.5 Å². The van der Waals surface area contributed by atoms with Gasteiger partial charge in [-0.15, -0.1) is 0 Å². The van der Waals surface area contributed by atoms with Crippen LogP contribution < -0.4 is 0 Å². The lowest BCUT2D eigenvalue weighted by Gasteiger charge is -2.06. The van der Waals surface area contributed by atoms with Crippen LogP contribution in [0.2, 0.25) is 10.2 Å². The zero-order valence-electron chi connectivity index (χ0n) is 12.7. The lowest BCUT2D eigenvalue weighted by molar-refractivity contribution is 0.475. The predicted molar refractivity (Wildman–Crippen MR) is 97.1 cm³/mol. The number of benzene rings is 1. The maximum atomic E-state index is 9.47. The van der Waals surface area contributed by atoms with Crippen molar-refractivity contribution in [1.82, 2.24) is 15.0 Å². The summed E-state index contributed by atoms with van der Waals surface area (Å²) in [6.45, 7) is 1.86. The molecule has 1 aromatic carbocycles. The Hall–Kier alpha value is -2.43. The van der Waals surface area contributed by atoms with Crippen LogP contribution in [-0.4, -0.2) is 20.1 Å². The van der Waals surface area contributed by atoms with Crippen LogP contribution in [0.3, 0.4) is 0 Å². The number of phenolic OH excluding ortho intramolecular Hbond substituents is 1. The van der Waals surface area contributed by atoms with Gasteiger partial charge in [-0.25, -0.2) is 9.97 Å². The third-order valence-corrected chi connectivity index (χ3v) is 4.12. The molecule has 0 unspecified atom stereocenters. The van der Waals surface area contributed by atoms with E-state index >= 15 is 0 Å². The van der Waals surface area contributed by atoms with Crippen molar-refractivity contribution in [1.29, 1.82) is 0 Å². The lowest BCUT2D eigenvalue weighted by Crippen LogP contribution is -1.97. The zero-order chi connectivity index (χ0) is 17.1. The molecule has 0 aliphatic carbocycles. The van der Waals surface area contributed by atoms with Crippen molar-refractivity contribution in [2.75, 3.05) is 0 Å². The van der Waals surface area contributed by atoms with Crippen LogP contribution in [0.4, 0.5) is 0 Å². The van der Waals surface area contributed by atoms with Gasteiger partial charge in [0.05, 0.1) is 10.7 Å². The number of pyridine rings is 1. The molecule has 0 radical (unpaired) electrons. The first-order valence-corrected chi connectivity index (χ1v) is 7.91. The number of halogens is 2. The molecule has 0 saturated carbocycles. The molecule has 2 aromatic heterocycles. The third-order valence-electron chi connectivity index (χ3n) is 3.45. The summed E-state index contributed by atoms with van der Waals surface area (Å²) in [5, 5.41) is 10.2. The van der Waals surface area contributed by atoms with E-state index in [-0.39, 0.29) is 5.75 Å². The fourth-order valence-electron chi connectivity index (χ4n) is 2.09. The van der Waals surface area contributed by atoms with Gasteiger partial charge in [0.1, 0.15) is 10.9 Å². The van der Waals surface area contributed by atoms with Crippen molar-refractivity contribution in [2.45, 2.75) is 6.92 Å². The van der Waals surface area contributed by atoms with Crippen molar-refractivity contribution in [2.24, 2.45) is 0 Å². The van der Waals surface area contributed by atoms with Gasteiger partial charge in [-0.2, -0.15) is 0 Å². The Bertz CT molecular complexity index is 912. The second kappa shape index (κ2) is 6.99. The minimum atomic E-state index is 0.0499. The van der Waals surface area contributed by atoms with E-state index in [4.69, 9.17) is 23.2 Å². The summed E-state index contributed by atoms with van der Waals surface area (Å²) in [7, 11) is 0. The quantitative estimate of drug-likeness (QED) is 0.667. The van der Waals surface area contributed by atoms with E-state index < -0.39 is 0 Å². The van der Waals surface area contributed by atoms with E-state index in [1.807, 2.05) is 31.2 Å². The number of nitrogens with zero attached hydrogens (tertiary/aromatic N) is 3. The summed E-state index contributed by atoms with van der Waals surface area (Å²) in [4.78, 5) is 12.9. The summed E-state index contributed by atoms with van der Waals surface area (Å²) < 4.78 is 0. The van der Waals surface area contributed by atoms with Crippen molar-refractivity contribution in [3.05, 3.63) is 69.7 Å². The van der Waals surface area contributed by atoms with Gasteiger partial charge in [-0.3, -0.25) is 4.98 Å². The molecular formula is C18H13Cl2N3O. The Balaban J connectivity index is 1.99. The zero-order valence-corrected chi connectivity index (χ0v) is 14.3. The highest BCUT2D eigenvalue weighted by Gasteiger charge is 2.09. The molecule has 2 heterocycles. The predicted octanol–water partition coefficient (Wildman–Crippen LogP) is 5.03. The summed E-state index contributed by atoms with van der Waals surface area (Å²) >= 11 is 12.2. The van der Waals surface area contributed by atoms with Gasteiger partial charge >= 0.3 is 0 Å². The molecule has 0 bridgehead atoms. The maximum Gasteiger partial charge on any atom is 0.163 e. The van der Waals surface area contributed by atoms with Crippen LogP contribution in [0.5, 0.6) is 5.75 Å². The van der Waals surface area contributed by atoms with E-state index in [9.17, 15) is 5.11 Å². The highest BCUT2D eigenvalue weighted by Crippen LogP contribution is 2.26. The van der Waals surface area contributed by atoms with Gasteiger partial charge in [0, 0.05) is 23.5 Å². The molecule has 0 spiro atoms. The average Bonchev–Trinajstić information content (AvgIpc) is 2.60. The summed E-state index contributed by atoms with van der Waals surface area (Å²) in [5.74, 6) is 0.566. The Morgan fingerprint density at radius 3 is 2.62 bits per heavy atom. The van der Waals surface area contributed by atoms with Crippen LogP contribution >= 0.6 is 23.2 Å². The minimum absolute atomic E-state index is 0.0499. The van der Waals surface area contributed by atoms with Crippen molar-refractivity contribution >= 4 is 35.4 Å². The minimum Gasteiger partial charge on any atom is -0.506 e. The Morgan fingerprint density at radius 1 is 1.08 bits per heavy atom. The molecule has 4 nitrogen and oxygen atoms in total. The number of phenols is 1. The molecule has 3 aromatic rings. The van der Waals surface area contributed by atoms with Crippen LogP contribution in [-0.2, 0) is 0 Å². The van der Waals surface area contributed by atoms with E-state index in [0.717, 1.165) is 16.7 Å². The van der Waals surface area contributed by atoms with Gasteiger partial charge in [0.25, 0.3) is 0 Å². The normalized spacial score (nSPS) is 11.1. The number of hydrogen-bond acceptors (Lipinski definition) is 4. The average molecular weight is 358 g/mol. The first-order valence-electron chi connectivity index (χ1n) is 7.16. The smallest absolute Gasteiger partial charge is 0.163 e. The van der Waals surface area contributed by atoms with Gasteiger partial charge in [-0.1, -0.05) is 35.3 Å². The van der Waals surface area contributed by atoms with E-state index in [0.29, 0.717) is 21.7 Å². The maximum absolute atomic E-state index is 9.47. The van der Waals surface area contributed by atoms with Crippen LogP contribution in [0.15, 0.2) is 42.7 Å². The highest BCUT2D eigenvalue weighted by atomic mass is 35.5.